The molecule has 0 aromatic heterocycles. The standard InChI is InChI=1S/C24H23N3O5/c1-13-7-8-16-15(11-13)24(23(32)25-16)20-19(17(26-24)9-10-18(28)29)21(30)27(22(20)31)12-14-5-3-2-4-6-14/h2-8,11,17,19-20,26H,9-10,12H2,1H3,(H,25,32)(H,28,29)/t17-,19-,20+,24-/m1/s1. The molecule has 0 saturated carbocycles. The number of amides is 3. The van der Waals surface area contributed by atoms with Crippen LogP contribution in [0.3, 0.4) is 0 Å². The minimum atomic E-state index is -1.29. The van der Waals surface area contributed by atoms with Crippen molar-refractivity contribution in [3.05, 3.63) is 65.2 Å². The summed E-state index contributed by atoms with van der Waals surface area (Å²) < 4.78 is 0. The van der Waals surface area contributed by atoms with Crippen molar-refractivity contribution in [2.75, 3.05) is 5.32 Å². The van der Waals surface area contributed by atoms with Crippen LogP contribution in [0.4, 0.5) is 5.69 Å². The van der Waals surface area contributed by atoms with Crippen LogP contribution in [0.5, 0.6) is 0 Å². The summed E-state index contributed by atoms with van der Waals surface area (Å²) in [5.74, 6) is -3.97. The highest BCUT2D eigenvalue weighted by molar-refractivity contribution is 6.13. The maximum Gasteiger partial charge on any atom is 0.291 e. The average Bonchev–Trinajstić information content (AvgIpc) is 3.34. The van der Waals surface area contributed by atoms with Gasteiger partial charge in [-0.05, 0) is 31.0 Å². The zero-order chi connectivity index (χ0) is 22.6. The summed E-state index contributed by atoms with van der Waals surface area (Å²) in [4.78, 5) is 52.9. The number of carbonyl (C=O) groups is 4. The first kappa shape index (κ1) is 20.4. The SMILES string of the molecule is Cc1ccc2c(c1)[C@]1([NH2+][C@H](CCC(=O)[O-])[C@H]3C(=O)N(Cc4ccccc4)C(=O)[C@H]31)C(=O)N2. The normalized spacial score (nSPS) is 28.2. The zero-order valence-corrected chi connectivity index (χ0v) is 17.5. The number of nitrogens with one attached hydrogen (secondary N) is 1. The Morgan fingerprint density at radius 3 is 2.59 bits per heavy atom. The molecule has 32 heavy (non-hydrogen) atoms. The van der Waals surface area contributed by atoms with Crippen LogP contribution in [-0.2, 0) is 31.3 Å². The highest BCUT2D eigenvalue weighted by atomic mass is 16.4. The van der Waals surface area contributed by atoms with Crippen molar-refractivity contribution in [1.82, 2.24) is 4.90 Å². The van der Waals surface area contributed by atoms with Gasteiger partial charge in [0.05, 0.1) is 12.2 Å². The molecular formula is C24H23N3O5. The van der Waals surface area contributed by atoms with E-state index in [1.165, 1.54) is 4.90 Å². The van der Waals surface area contributed by atoms with E-state index in [0.29, 0.717) is 11.3 Å². The Morgan fingerprint density at radius 1 is 1.12 bits per heavy atom. The lowest BCUT2D eigenvalue weighted by molar-refractivity contribution is -0.734. The van der Waals surface area contributed by atoms with Gasteiger partial charge in [0.15, 0.2) is 0 Å². The molecule has 1 spiro atoms. The third-order valence-corrected chi connectivity index (χ3v) is 6.98. The monoisotopic (exact) mass is 433 g/mol. The first-order chi connectivity index (χ1) is 15.3. The largest absolute Gasteiger partial charge is 0.550 e. The predicted octanol–water partition coefficient (Wildman–Crippen LogP) is -0.580. The Bertz CT molecular complexity index is 1150. The van der Waals surface area contributed by atoms with E-state index in [9.17, 15) is 24.3 Å². The van der Waals surface area contributed by atoms with E-state index in [1.54, 1.807) is 11.4 Å². The van der Waals surface area contributed by atoms with E-state index in [4.69, 9.17) is 0 Å². The van der Waals surface area contributed by atoms with Crippen molar-refractivity contribution in [2.45, 2.75) is 37.9 Å². The summed E-state index contributed by atoms with van der Waals surface area (Å²) in [6.45, 7) is 2.03. The maximum atomic E-state index is 13.7. The van der Waals surface area contributed by atoms with Crippen molar-refractivity contribution >= 4 is 29.4 Å². The number of carbonyl (C=O) groups excluding carboxylic acids is 4. The van der Waals surface area contributed by atoms with Gasteiger partial charge in [0.25, 0.3) is 5.91 Å². The number of nitrogens with two attached hydrogens (primary N) is 1. The van der Waals surface area contributed by atoms with Crippen LogP contribution in [0, 0.1) is 18.8 Å². The van der Waals surface area contributed by atoms with Crippen LogP contribution in [0.1, 0.15) is 29.5 Å². The van der Waals surface area contributed by atoms with Crippen molar-refractivity contribution in [1.29, 1.82) is 0 Å². The number of quaternary nitrogens is 1. The molecule has 0 aliphatic carbocycles. The Morgan fingerprint density at radius 2 is 1.88 bits per heavy atom. The number of likely N-dealkylation sites (tertiary alicyclic amines) is 1. The van der Waals surface area contributed by atoms with Crippen molar-refractivity contribution in [3.8, 4) is 0 Å². The van der Waals surface area contributed by atoms with Gasteiger partial charge in [-0.25, -0.2) is 0 Å². The first-order valence-corrected chi connectivity index (χ1v) is 10.7. The molecule has 3 N–H and O–H groups in total. The second kappa shape index (κ2) is 7.27. The average molecular weight is 433 g/mol. The van der Waals surface area contributed by atoms with E-state index < -0.39 is 29.4 Å². The molecule has 3 aliphatic rings. The molecule has 2 aromatic carbocycles. The van der Waals surface area contributed by atoms with Gasteiger partial charge in [-0.3, -0.25) is 19.3 Å². The highest BCUT2D eigenvalue weighted by Gasteiger charge is 2.74. The second-order valence-corrected chi connectivity index (χ2v) is 8.87. The fourth-order valence-electron chi connectivity index (χ4n) is 5.61. The molecule has 2 aromatic rings. The van der Waals surface area contributed by atoms with E-state index in [1.807, 2.05) is 49.4 Å². The Hall–Kier alpha value is -3.52. The van der Waals surface area contributed by atoms with Crippen LogP contribution >= 0.6 is 0 Å². The molecule has 3 amide bonds. The second-order valence-electron chi connectivity index (χ2n) is 8.87. The summed E-state index contributed by atoms with van der Waals surface area (Å²) in [6.07, 6.45) is -0.110. The van der Waals surface area contributed by atoms with Gasteiger partial charge in [-0.2, -0.15) is 0 Å². The number of aryl methyl sites for hydroxylation is 1. The minimum Gasteiger partial charge on any atom is -0.550 e. The van der Waals surface area contributed by atoms with E-state index in [2.05, 4.69) is 5.32 Å². The van der Waals surface area contributed by atoms with Gasteiger partial charge in [0.2, 0.25) is 17.4 Å². The Labute approximate surface area is 184 Å². The number of anilines is 1. The lowest BCUT2D eigenvalue weighted by Crippen LogP contribution is -2.99. The highest BCUT2D eigenvalue weighted by Crippen LogP contribution is 2.49. The number of aliphatic carboxylic acids is 1. The number of nitrogens with zero attached hydrogens (tertiary/aromatic N) is 1. The van der Waals surface area contributed by atoms with Gasteiger partial charge in [0, 0.05) is 18.0 Å². The molecule has 0 unspecified atom stereocenters. The number of benzene rings is 2. The minimum absolute atomic E-state index is 0.122. The van der Waals surface area contributed by atoms with Crippen molar-refractivity contribution < 1.29 is 29.6 Å². The lowest BCUT2D eigenvalue weighted by atomic mass is 9.76. The molecule has 0 radical (unpaired) electrons. The lowest BCUT2D eigenvalue weighted by Gasteiger charge is -2.26. The van der Waals surface area contributed by atoms with E-state index in [-0.39, 0.29) is 37.1 Å². The molecule has 3 heterocycles. The van der Waals surface area contributed by atoms with E-state index in [0.717, 1.165) is 11.1 Å². The number of fused-ring (bicyclic) bond motifs is 4. The molecular weight excluding hydrogens is 410 g/mol. The zero-order valence-electron chi connectivity index (χ0n) is 17.5. The quantitative estimate of drug-likeness (QED) is 0.611. The number of rotatable bonds is 5. The van der Waals surface area contributed by atoms with Crippen molar-refractivity contribution in [3.63, 3.8) is 0 Å². The van der Waals surface area contributed by atoms with Crippen LogP contribution in [0.25, 0.3) is 0 Å². The molecule has 0 bridgehead atoms. The Kier molecular flexibility index (Phi) is 4.63. The summed E-state index contributed by atoms with van der Waals surface area (Å²) in [7, 11) is 0. The fourth-order valence-corrected chi connectivity index (χ4v) is 5.61. The van der Waals surface area contributed by atoms with Gasteiger partial charge in [-0.15, -0.1) is 0 Å². The Balaban J connectivity index is 1.59. The topological polar surface area (TPSA) is 123 Å². The van der Waals surface area contributed by atoms with Gasteiger partial charge in [-0.1, -0.05) is 42.0 Å². The van der Waals surface area contributed by atoms with Gasteiger partial charge >= 0.3 is 0 Å². The third-order valence-electron chi connectivity index (χ3n) is 6.98. The third kappa shape index (κ3) is 2.86. The molecule has 2 saturated heterocycles. The van der Waals surface area contributed by atoms with Crippen LogP contribution in [0.2, 0.25) is 0 Å². The molecule has 8 heteroatoms. The van der Waals surface area contributed by atoms with Gasteiger partial charge < -0.3 is 20.5 Å². The number of hydrogen-bond donors (Lipinski definition) is 2. The van der Waals surface area contributed by atoms with Gasteiger partial charge in [0.1, 0.15) is 17.9 Å². The number of carboxylic acid groups (broad SMARTS) is 1. The molecule has 3 aliphatic heterocycles. The predicted molar refractivity (Wildman–Crippen MR) is 110 cm³/mol. The molecule has 164 valence electrons. The number of carboxylic acids is 1. The maximum absolute atomic E-state index is 13.7. The van der Waals surface area contributed by atoms with Crippen LogP contribution in [0.15, 0.2) is 48.5 Å². The van der Waals surface area contributed by atoms with Crippen molar-refractivity contribution in [2.24, 2.45) is 11.8 Å². The molecule has 8 nitrogen and oxygen atoms in total. The summed E-state index contributed by atoms with van der Waals surface area (Å²) in [5.41, 5.74) is 1.75. The first-order valence-electron chi connectivity index (χ1n) is 10.7. The summed E-state index contributed by atoms with van der Waals surface area (Å²) in [6, 6.07) is 14.2. The fraction of sp³-hybridized carbons (Fsp3) is 0.333. The van der Waals surface area contributed by atoms with Crippen LogP contribution < -0.4 is 15.7 Å². The number of hydrogen-bond acceptors (Lipinski definition) is 5. The van der Waals surface area contributed by atoms with E-state index >= 15 is 0 Å². The smallest absolute Gasteiger partial charge is 0.291 e. The molecule has 4 atom stereocenters. The van der Waals surface area contributed by atoms with Crippen LogP contribution in [-0.4, -0.2) is 34.6 Å². The number of imide groups is 1. The molecule has 2 fully saturated rings. The summed E-state index contributed by atoms with van der Waals surface area (Å²) >= 11 is 0. The summed E-state index contributed by atoms with van der Waals surface area (Å²) in [5, 5.41) is 15.8. The molecule has 5 rings (SSSR count).